The lowest BCUT2D eigenvalue weighted by molar-refractivity contribution is -0.126. The van der Waals surface area contributed by atoms with Gasteiger partial charge in [0.2, 0.25) is 5.91 Å². The fourth-order valence-corrected chi connectivity index (χ4v) is 4.64. The molecule has 0 saturated carbocycles. The molecule has 2 aliphatic heterocycles. The molecular weight excluding hydrogens is 465 g/mol. The van der Waals surface area contributed by atoms with Crippen LogP contribution in [0, 0.1) is 5.92 Å². The van der Waals surface area contributed by atoms with Crippen LogP contribution in [0.3, 0.4) is 0 Å². The minimum atomic E-state index is -0.469. The first kappa shape index (κ1) is 24.1. The minimum Gasteiger partial charge on any atom is -0.399 e. The topological polar surface area (TPSA) is 81.0 Å². The van der Waals surface area contributed by atoms with Crippen LogP contribution in [0.5, 0.6) is 0 Å². The van der Waals surface area contributed by atoms with Crippen molar-refractivity contribution in [3.63, 3.8) is 0 Å². The van der Waals surface area contributed by atoms with Crippen molar-refractivity contribution >= 4 is 41.4 Å². The summed E-state index contributed by atoms with van der Waals surface area (Å²) >= 11 is 6.01. The van der Waals surface area contributed by atoms with E-state index in [0.29, 0.717) is 18.1 Å². The van der Waals surface area contributed by atoms with Crippen molar-refractivity contribution in [1.82, 2.24) is 19.9 Å². The van der Waals surface area contributed by atoms with Crippen LogP contribution < -0.4 is 15.7 Å². The Morgan fingerprint density at radius 1 is 1.20 bits per heavy atom. The summed E-state index contributed by atoms with van der Waals surface area (Å²) in [6, 6.07) is 9.61. The summed E-state index contributed by atoms with van der Waals surface area (Å²) in [5.41, 5.74) is 1.99. The zero-order valence-corrected chi connectivity index (χ0v) is 21.5. The number of carbonyl (C=O) groups is 1. The van der Waals surface area contributed by atoms with Crippen LogP contribution in [0.2, 0.25) is 5.02 Å². The molecule has 2 aliphatic rings. The highest BCUT2D eigenvalue weighted by atomic mass is 35.5. The van der Waals surface area contributed by atoms with E-state index in [0.717, 1.165) is 28.8 Å². The molecule has 184 valence electrons. The molecule has 2 fully saturated rings. The average molecular weight is 496 g/mol. The highest BCUT2D eigenvalue weighted by molar-refractivity contribution is 6.62. The Labute approximate surface area is 211 Å². The van der Waals surface area contributed by atoms with Crippen molar-refractivity contribution in [3.05, 3.63) is 53.4 Å². The van der Waals surface area contributed by atoms with Crippen molar-refractivity contribution in [2.45, 2.75) is 58.3 Å². The highest BCUT2D eigenvalue weighted by Gasteiger charge is 2.52. The lowest BCUT2D eigenvalue weighted by atomic mass is 9.81. The van der Waals surface area contributed by atoms with Gasteiger partial charge in [-0.15, -0.1) is 0 Å². The summed E-state index contributed by atoms with van der Waals surface area (Å²) in [6.45, 7) is 11.4. The van der Waals surface area contributed by atoms with Crippen LogP contribution in [0.4, 0.5) is 5.82 Å². The third-order valence-corrected chi connectivity index (χ3v) is 7.73. The van der Waals surface area contributed by atoms with Gasteiger partial charge >= 0.3 is 7.12 Å². The predicted octanol–water partition coefficient (Wildman–Crippen LogP) is 3.39. The van der Waals surface area contributed by atoms with Crippen molar-refractivity contribution in [2.75, 3.05) is 18.0 Å². The molecule has 0 bridgehead atoms. The van der Waals surface area contributed by atoms with Gasteiger partial charge in [-0.1, -0.05) is 30.7 Å². The number of hydrogen-bond donors (Lipinski definition) is 1. The maximum atomic E-state index is 12.9. The van der Waals surface area contributed by atoms with Crippen LogP contribution in [-0.2, 0) is 14.1 Å². The molecule has 5 rings (SSSR count). The fraction of sp³-hybridized carbons (Fsp3) is 0.480. The van der Waals surface area contributed by atoms with Gasteiger partial charge in [-0.3, -0.25) is 4.79 Å². The molecule has 3 aromatic rings. The van der Waals surface area contributed by atoms with Crippen LogP contribution in [0.1, 0.15) is 52.6 Å². The fourth-order valence-electron chi connectivity index (χ4n) is 4.51. The zero-order chi connectivity index (χ0) is 25.0. The third kappa shape index (κ3) is 4.41. The SMILES string of the molecule is CC[C@H](NC(=O)C1CN(c2ncnn3cc(B4OC(C)(C)C(C)(C)O4)cc23)C1)c1ccc(Cl)cc1. The average Bonchev–Trinajstić information content (AvgIpc) is 3.30. The normalized spacial score (nSPS) is 20.2. The number of hydrogen-bond acceptors (Lipinski definition) is 6. The molecule has 10 heteroatoms. The molecule has 1 aromatic carbocycles. The maximum absolute atomic E-state index is 12.9. The van der Waals surface area contributed by atoms with Crippen molar-refractivity contribution in [1.29, 1.82) is 0 Å². The molecule has 4 heterocycles. The molecule has 1 amide bonds. The van der Waals surface area contributed by atoms with Crippen molar-refractivity contribution < 1.29 is 14.1 Å². The Kier molecular flexibility index (Phi) is 6.06. The molecule has 1 atom stereocenters. The molecule has 0 spiro atoms. The largest absolute Gasteiger partial charge is 0.496 e. The third-order valence-electron chi connectivity index (χ3n) is 7.48. The van der Waals surface area contributed by atoms with Gasteiger partial charge in [-0.2, -0.15) is 5.10 Å². The summed E-state index contributed by atoms with van der Waals surface area (Å²) in [4.78, 5) is 19.6. The quantitative estimate of drug-likeness (QED) is 0.528. The number of rotatable bonds is 6. The summed E-state index contributed by atoms with van der Waals surface area (Å²) in [6.07, 6.45) is 4.27. The molecule has 2 aromatic heterocycles. The number of amides is 1. The van der Waals surface area contributed by atoms with E-state index in [1.807, 2.05) is 64.2 Å². The molecule has 1 N–H and O–H groups in total. The van der Waals surface area contributed by atoms with Crippen LogP contribution >= 0.6 is 11.6 Å². The summed E-state index contributed by atoms with van der Waals surface area (Å²) in [5, 5.41) is 8.25. The van der Waals surface area contributed by atoms with E-state index in [1.165, 1.54) is 6.33 Å². The Balaban J connectivity index is 1.27. The lowest BCUT2D eigenvalue weighted by Crippen LogP contribution is -2.54. The lowest BCUT2D eigenvalue weighted by Gasteiger charge is -2.39. The van der Waals surface area contributed by atoms with Crippen molar-refractivity contribution in [3.8, 4) is 0 Å². The Hall–Kier alpha value is -2.62. The molecule has 0 radical (unpaired) electrons. The van der Waals surface area contributed by atoms with Crippen LogP contribution in [0.15, 0.2) is 42.9 Å². The Morgan fingerprint density at radius 3 is 2.49 bits per heavy atom. The number of anilines is 1. The van der Waals surface area contributed by atoms with Gasteiger partial charge in [0.05, 0.1) is 23.2 Å². The number of nitrogens with one attached hydrogen (secondary N) is 1. The smallest absolute Gasteiger partial charge is 0.399 e. The van der Waals surface area contributed by atoms with Crippen LogP contribution in [-0.4, -0.2) is 51.9 Å². The number of benzene rings is 1. The van der Waals surface area contributed by atoms with Crippen LogP contribution in [0.25, 0.3) is 5.52 Å². The molecule has 35 heavy (non-hydrogen) atoms. The van der Waals surface area contributed by atoms with Gasteiger partial charge in [0.1, 0.15) is 11.8 Å². The van der Waals surface area contributed by atoms with Gasteiger partial charge < -0.3 is 19.5 Å². The van der Waals surface area contributed by atoms with Gasteiger partial charge in [0.25, 0.3) is 0 Å². The Bertz CT molecular complexity index is 1220. The second-order valence-electron chi connectivity index (χ2n) is 10.4. The first-order valence-corrected chi connectivity index (χ1v) is 12.5. The standard InChI is InChI=1S/C25H31BClN5O3/c1-6-20(16-7-9-19(27)10-8-16)30-23(33)17-12-31(13-17)22-21-11-18(14-32(21)29-15-28-22)26-34-24(2,3)25(4,5)35-26/h7-11,14-15,17,20H,6,12-13H2,1-5H3,(H,30,33)/t20-/m0/s1. The molecule has 0 aliphatic carbocycles. The van der Waals surface area contributed by atoms with E-state index in [4.69, 9.17) is 20.9 Å². The molecule has 8 nitrogen and oxygen atoms in total. The summed E-state index contributed by atoms with van der Waals surface area (Å²) in [5.74, 6) is 0.766. The van der Waals surface area contributed by atoms with E-state index in [-0.39, 0.29) is 17.9 Å². The minimum absolute atomic E-state index is 0.0346. The predicted molar refractivity (Wildman–Crippen MR) is 137 cm³/mol. The van der Waals surface area contributed by atoms with E-state index in [2.05, 4.69) is 27.2 Å². The van der Waals surface area contributed by atoms with E-state index in [1.54, 1.807) is 4.52 Å². The Morgan fingerprint density at radius 2 is 1.86 bits per heavy atom. The maximum Gasteiger partial charge on any atom is 0.496 e. The molecule has 0 unspecified atom stereocenters. The first-order chi connectivity index (χ1) is 16.6. The number of carbonyl (C=O) groups excluding carboxylic acids is 1. The summed E-state index contributed by atoms with van der Waals surface area (Å²) < 4.78 is 14.2. The first-order valence-electron chi connectivity index (χ1n) is 12.1. The zero-order valence-electron chi connectivity index (χ0n) is 20.8. The second-order valence-corrected chi connectivity index (χ2v) is 10.8. The molecular formula is C25H31BClN5O3. The summed E-state index contributed by atoms with van der Waals surface area (Å²) in [7, 11) is -0.469. The number of fused-ring (bicyclic) bond motifs is 1. The van der Waals surface area contributed by atoms with Crippen molar-refractivity contribution in [2.24, 2.45) is 5.92 Å². The number of nitrogens with zero attached hydrogens (tertiary/aromatic N) is 4. The highest BCUT2D eigenvalue weighted by Crippen LogP contribution is 2.37. The van der Waals surface area contributed by atoms with E-state index >= 15 is 0 Å². The van der Waals surface area contributed by atoms with Gasteiger partial charge in [0, 0.05) is 29.8 Å². The number of halogens is 1. The van der Waals surface area contributed by atoms with E-state index in [9.17, 15) is 4.79 Å². The van der Waals surface area contributed by atoms with E-state index < -0.39 is 18.3 Å². The second kappa shape index (κ2) is 8.80. The number of aromatic nitrogens is 3. The van der Waals surface area contributed by atoms with Gasteiger partial charge in [-0.05, 0) is 57.9 Å². The van der Waals surface area contributed by atoms with Gasteiger partial charge in [0.15, 0.2) is 5.82 Å². The monoisotopic (exact) mass is 495 g/mol. The molecule has 2 saturated heterocycles. The van der Waals surface area contributed by atoms with Gasteiger partial charge in [-0.25, -0.2) is 9.50 Å².